The molecule has 23 heavy (non-hydrogen) atoms. The molecule has 3 aromatic rings. The molecule has 0 saturated carbocycles. The smallest absolute Gasteiger partial charge is 0.0708 e. The zero-order valence-electron chi connectivity index (χ0n) is 13.7. The summed E-state index contributed by atoms with van der Waals surface area (Å²) < 4.78 is 0. The fourth-order valence-corrected chi connectivity index (χ4v) is 2.80. The van der Waals surface area contributed by atoms with Crippen LogP contribution >= 0.6 is 11.6 Å². The largest absolute Gasteiger partial charge is 0.256 e. The maximum absolute atomic E-state index is 6.33. The van der Waals surface area contributed by atoms with Crippen LogP contribution in [0.2, 0.25) is 5.02 Å². The van der Waals surface area contributed by atoms with E-state index >= 15 is 0 Å². The van der Waals surface area contributed by atoms with Crippen molar-refractivity contribution in [1.82, 2.24) is 4.98 Å². The lowest BCUT2D eigenvalue weighted by atomic mass is 9.86. The highest BCUT2D eigenvalue weighted by molar-refractivity contribution is 6.31. The summed E-state index contributed by atoms with van der Waals surface area (Å²) in [5.41, 5.74) is 5.62. The van der Waals surface area contributed by atoms with Gasteiger partial charge in [0.1, 0.15) is 0 Å². The number of hydrogen-bond acceptors (Lipinski definition) is 1. The highest BCUT2D eigenvalue weighted by atomic mass is 35.5. The summed E-state index contributed by atoms with van der Waals surface area (Å²) in [5, 5.41) is 0.749. The Morgan fingerprint density at radius 3 is 2.22 bits per heavy atom. The Morgan fingerprint density at radius 2 is 1.52 bits per heavy atom. The number of aromatic nitrogens is 1. The van der Waals surface area contributed by atoms with E-state index < -0.39 is 0 Å². The van der Waals surface area contributed by atoms with Crippen LogP contribution in [0, 0.1) is 0 Å². The Balaban J connectivity index is 2.08. The number of pyridine rings is 1. The molecule has 0 aliphatic rings. The van der Waals surface area contributed by atoms with Crippen molar-refractivity contribution in [3.05, 3.63) is 77.4 Å². The molecule has 0 fully saturated rings. The van der Waals surface area contributed by atoms with E-state index in [1.165, 1.54) is 11.1 Å². The summed E-state index contributed by atoms with van der Waals surface area (Å²) in [5.74, 6) is 0. The van der Waals surface area contributed by atoms with Gasteiger partial charge < -0.3 is 0 Å². The lowest BCUT2D eigenvalue weighted by Gasteiger charge is -2.20. The first kappa shape index (κ1) is 15.8. The lowest BCUT2D eigenvalue weighted by molar-refractivity contribution is 0.590. The average molecular weight is 322 g/mol. The van der Waals surface area contributed by atoms with Crippen LogP contribution in [0.15, 0.2) is 66.9 Å². The zero-order valence-corrected chi connectivity index (χ0v) is 14.4. The molecule has 1 heterocycles. The second kappa shape index (κ2) is 6.17. The predicted octanol–water partition coefficient (Wildman–Crippen LogP) is 6.37. The van der Waals surface area contributed by atoms with E-state index in [4.69, 9.17) is 11.6 Å². The van der Waals surface area contributed by atoms with Crippen molar-refractivity contribution in [3.63, 3.8) is 0 Å². The predicted molar refractivity (Wildman–Crippen MR) is 98.8 cm³/mol. The Bertz CT molecular complexity index is 817. The summed E-state index contributed by atoms with van der Waals surface area (Å²) in [4.78, 5) is 4.54. The van der Waals surface area contributed by atoms with Gasteiger partial charge in [0.2, 0.25) is 0 Å². The minimum Gasteiger partial charge on any atom is -0.256 e. The van der Waals surface area contributed by atoms with Crippen LogP contribution in [0.25, 0.3) is 22.4 Å². The van der Waals surface area contributed by atoms with Crippen LogP contribution in [0.3, 0.4) is 0 Å². The molecular formula is C21H20ClN. The maximum atomic E-state index is 6.33. The third-order valence-corrected chi connectivity index (χ3v) is 4.14. The molecule has 0 aliphatic heterocycles. The highest BCUT2D eigenvalue weighted by Crippen LogP contribution is 2.31. The van der Waals surface area contributed by atoms with Crippen molar-refractivity contribution in [2.45, 2.75) is 26.2 Å². The second-order valence-electron chi connectivity index (χ2n) is 6.77. The zero-order chi connectivity index (χ0) is 16.4. The van der Waals surface area contributed by atoms with Gasteiger partial charge in [-0.05, 0) is 52.4 Å². The number of nitrogens with zero attached hydrogens (tertiary/aromatic N) is 1. The topological polar surface area (TPSA) is 12.9 Å². The quantitative estimate of drug-likeness (QED) is 0.534. The third-order valence-electron chi connectivity index (χ3n) is 3.93. The molecule has 2 aromatic carbocycles. The Kier molecular flexibility index (Phi) is 4.23. The van der Waals surface area contributed by atoms with Crippen molar-refractivity contribution in [1.29, 1.82) is 0 Å². The molecule has 0 amide bonds. The molecule has 0 unspecified atom stereocenters. The first-order valence-electron chi connectivity index (χ1n) is 7.76. The van der Waals surface area contributed by atoms with Crippen LogP contribution in [0.1, 0.15) is 26.3 Å². The molecule has 0 radical (unpaired) electrons. The highest BCUT2D eigenvalue weighted by Gasteiger charge is 2.16. The van der Waals surface area contributed by atoms with Crippen LogP contribution < -0.4 is 0 Å². The van der Waals surface area contributed by atoms with Crippen molar-refractivity contribution >= 4 is 11.6 Å². The van der Waals surface area contributed by atoms with Gasteiger partial charge in [-0.2, -0.15) is 0 Å². The normalized spacial score (nSPS) is 11.5. The van der Waals surface area contributed by atoms with E-state index in [-0.39, 0.29) is 5.41 Å². The SMILES string of the molecule is CC(C)(C)c1cc(Cl)cc(-c2cc(-c3ccccc3)ccn2)c1. The van der Waals surface area contributed by atoms with E-state index in [1.807, 2.05) is 42.6 Å². The Labute approximate surface area is 143 Å². The fourth-order valence-electron chi connectivity index (χ4n) is 2.57. The van der Waals surface area contributed by atoms with Gasteiger partial charge in [-0.1, -0.05) is 62.7 Å². The number of hydrogen-bond donors (Lipinski definition) is 0. The van der Waals surface area contributed by atoms with Crippen LogP contribution in [-0.2, 0) is 5.41 Å². The molecule has 0 N–H and O–H groups in total. The standard InChI is InChI=1S/C21H20ClN/c1-21(2,3)18-11-17(12-19(22)14-18)20-13-16(9-10-23-20)15-7-5-4-6-8-15/h4-14H,1-3H3. The maximum Gasteiger partial charge on any atom is 0.0708 e. The van der Waals surface area contributed by atoms with Crippen molar-refractivity contribution < 1.29 is 0 Å². The molecule has 0 aliphatic carbocycles. The van der Waals surface area contributed by atoms with E-state index in [0.29, 0.717) is 0 Å². The summed E-state index contributed by atoms with van der Waals surface area (Å²) in [6.07, 6.45) is 1.86. The Morgan fingerprint density at radius 1 is 0.783 bits per heavy atom. The van der Waals surface area contributed by atoms with Gasteiger partial charge in [0.05, 0.1) is 5.69 Å². The first-order valence-corrected chi connectivity index (χ1v) is 8.14. The molecule has 0 atom stereocenters. The van der Waals surface area contributed by atoms with E-state index in [2.05, 4.69) is 50.0 Å². The summed E-state index contributed by atoms with van der Waals surface area (Å²) in [6.45, 7) is 6.57. The fraction of sp³-hybridized carbons (Fsp3) is 0.190. The van der Waals surface area contributed by atoms with E-state index in [0.717, 1.165) is 21.8 Å². The molecular weight excluding hydrogens is 302 g/mol. The molecule has 1 nitrogen and oxygen atoms in total. The van der Waals surface area contributed by atoms with Crippen molar-refractivity contribution in [2.75, 3.05) is 0 Å². The third kappa shape index (κ3) is 3.62. The first-order chi connectivity index (χ1) is 10.9. The number of benzene rings is 2. The second-order valence-corrected chi connectivity index (χ2v) is 7.21. The van der Waals surface area contributed by atoms with E-state index in [1.54, 1.807) is 0 Å². The molecule has 3 rings (SSSR count). The number of rotatable bonds is 2. The van der Waals surface area contributed by atoms with Gasteiger partial charge in [-0.15, -0.1) is 0 Å². The minimum atomic E-state index is 0.0523. The lowest BCUT2D eigenvalue weighted by Crippen LogP contribution is -2.11. The summed E-state index contributed by atoms with van der Waals surface area (Å²) in [7, 11) is 0. The van der Waals surface area contributed by atoms with Gasteiger partial charge in [0.15, 0.2) is 0 Å². The molecule has 2 heteroatoms. The van der Waals surface area contributed by atoms with Crippen molar-refractivity contribution in [3.8, 4) is 22.4 Å². The number of halogens is 1. The molecule has 116 valence electrons. The molecule has 0 spiro atoms. The van der Waals surface area contributed by atoms with Crippen LogP contribution in [0.4, 0.5) is 0 Å². The molecule has 0 saturated heterocycles. The van der Waals surface area contributed by atoms with Crippen LogP contribution in [0.5, 0.6) is 0 Å². The van der Waals surface area contributed by atoms with Gasteiger partial charge in [-0.3, -0.25) is 4.98 Å². The van der Waals surface area contributed by atoms with Gasteiger partial charge >= 0.3 is 0 Å². The van der Waals surface area contributed by atoms with E-state index in [9.17, 15) is 0 Å². The monoisotopic (exact) mass is 321 g/mol. The summed E-state index contributed by atoms with van der Waals surface area (Å²) in [6, 6.07) is 20.7. The summed E-state index contributed by atoms with van der Waals surface area (Å²) >= 11 is 6.33. The van der Waals surface area contributed by atoms with Gasteiger partial charge in [0.25, 0.3) is 0 Å². The van der Waals surface area contributed by atoms with Gasteiger partial charge in [0, 0.05) is 16.8 Å². The van der Waals surface area contributed by atoms with Gasteiger partial charge in [-0.25, -0.2) is 0 Å². The van der Waals surface area contributed by atoms with Crippen LogP contribution in [-0.4, -0.2) is 4.98 Å². The van der Waals surface area contributed by atoms with Crippen molar-refractivity contribution in [2.24, 2.45) is 0 Å². The minimum absolute atomic E-state index is 0.0523. The molecule has 0 bridgehead atoms. The Hall–Kier alpha value is -2.12. The average Bonchev–Trinajstić information content (AvgIpc) is 2.54. The molecule has 1 aromatic heterocycles.